The summed E-state index contributed by atoms with van der Waals surface area (Å²) in [5.74, 6) is 0. The van der Waals surface area contributed by atoms with E-state index >= 15 is 0 Å². The summed E-state index contributed by atoms with van der Waals surface area (Å²) in [5.41, 5.74) is 2.00. The fraction of sp³-hybridized carbons (Fsp3) is 0.692. The highest BCUT2D eigenvalue weighted by Gasteiger charge is 2.33. The molecule has 1 aliphatic heterocycles. The standard InChI is InChI=1S/C13H19N3O/c1-3-11-8-12(16(2)15-11)9-13(10-14)4-6-17-7-5-13/h8H,3-7,9H2,1-2H3. The van der Waals surface area contributed by atoms with Gasteiger partial charge in [0.15, 0.2) is 0 Å². The van der Waals surface area contributed by atoms with Gasteiger partial charge in [-0.15, -0.1) is 0 Å². The van der Waals surface area contributed by atoms with Gasteiger partial charge in [-0.05, 0) is 25.3 Å². The molecule has 0 aromatic carbocycles. The van der Waals surface area contributed by atoms with Gasteiger partial charge in [-0.25, -0.2) is 0 Å². The van der Waals surface area contributed by atoms with Crippen molar-refractivity contribution in [3.05, 3.63) is 17.5 Å². The van der Waals surface area contributed by atoms with Crippen molar-refractivity contribution < 1.29 is 4.74 Å². The van der Waals surface area contributed by atoms with Crippen molar-refractivity contribution in [3.8, 4) is 6.07 Å². The zero-order valence-electron chi connectivity index (χ0n) is 10.6. The average Bonchev–Trinajstić information content (AvgIpc) is 2.71. The van der Waals surface area contributed by atoms with Crippen LogP contribution in [-0.2, 0) is 24.6 Å². The molecule has 0 spiro atoms. The van der Waals surface area contributed by atoms with E-state index in [0.29, 0.717) is 13.2 Å². The molecule has 92 valence electrons. The maximum atomic E-state index is 9.42. The van der Waals surface area contributed by atoms with Crippen molar-refractivity contribution in [3.63, 3.8) is 0 Å². The highest BCUT2D eigenvalue weighted by atomic mass is 16.5. The molecule has 4 heteroatoms. The molecule has 1 aliphatic rings. The molecule has 1 aromatic rings. The summed E-state index contributed by atoms with van der Waals surface area (Å²) in [6, 6.07) is 4.62. The van der Waals surface area contributed by atoms with Gasteiger partial charge in [-0.1, -0.05) is 6.92 Å². The second-order valence-electron chi connectivity index (χ2n) is 4.79. The van der Waals surface area contributed by atoms with Gasteiger partial charge in [0.25, 0.3) is 0 Å². The molecule has 4 nitrogen and oxygen atoms in total. The third-order valence-corrected chi connectivity index (χ3v) is 3.60. The van der Waals surface area contributed by atoms with Gasteiger partial charge in [0.2, 0.25) is 0 Å². The second kappa shape index (κ2) is 4.89. The Balaban J connectivity index is 2.17. The minimum absolute atomic E-state index is 0.253. The first-order valence-corrected chi connectivity index (χ1v) is 6.20. The van der Waals surface area contributed by atoms with Gasteiger partial charge >= 0.3 is 0 Å². The van der Waals surface area contributed by atoms with Crippen molar-refractivity contribution in [1.29, 1.82) is 5.26 Å². The summed E-state index contributed by atoms with van der Waals surface area (Å²) >= 11 is 0. The molecular formula is C13H19N3O. The molecule has 0 saturated carbocycles. The third kappa shape index (κ3) is 2.50. The van der Waals surface area contributed by atoms with Crippen LogP contribution in [0.15, 0.2) is 6.07 Å². The first kappa shape index (κ1) is 12.1. The van der Waals surface area contributed by atoms with Crippen LogP contribution in [-0.4, -0.2) is 23.0 Å². The van der Waals surface area contributed by atoms with Crippen LogP contribution in [0.1, 0.15) is 31.2 Å². The number of nitriles is 1. The van der Waals surface area contributed by atoms with Crippen LogP contribution < -0.4 is 0 Å². The number of rotatable bonds is 3. The lowest BCUT2D eigenvalue weighted by Gasteiger charge is -2.30. The van der Waals surface area contributed by atoms with E-state index in [-0.39, 0.29) is 5.41 Å². The maximum absolute atomic E-state index is 9.42. The average molecular weight is 233 g/mol. The molecule has 0 N–H and O–H groups in total. The van der Waals surface area contributed by atoms with Gasteiger partial charge in [0, 0.05) is 32.4 Å². The zero-order valence-corrected chi connectivity index (χ0v) is 10.6. The Bertz CT molecular complexity index is 424. The van der Waals surface area contributed by atoms with E-state index in [1.807, 2.05) is 11.7 Å². The lowest BCUT2D eigenvalue weighted by Crippen LogP contribution is -2.31. The predicted octanol–water partition coefficient (Wildman–Crippen LogP) is 1.85. The fourth-order valence-electron chi connectivity index (χ4n) is 2.35. The van der Waals surface area contributed by atoms with E-state index in [1.54, 1.807) is 0 Å². The molecule has 2 rings (SSSR count). The lowest BCUT2D eigenvalue weighted by molar-refractivity contribution is 0.0399. The minimum atomic E-state index is -0.253. The predicted molar refractivity (Wildman–Crippen MR) is 64.4 cm³/mol. The number of aryl methyl sites for hydroxylation is 2. The zero-order chi connectivity index (χ0) is 12.3. The number of ether oxygens (including phenoxy) is 1. The minimum Gasteiger partial charge on any atom is -0.381 e. The van der Waals surface area contributed by atoms with Crippen molar-refractivity contribution in [1.82, 2.24) is 9.78 Å². The van der Waals surface area contributed by atoms with Gasteiger partial charge in [-0.2, -0.15) is 10.4 Å². The Labute approximate surface area is 102 Å². The normalized spacial score (nSPS) is 18.9. The summed E-state index contributed by atoms with van der Waals surface area (Å²) in [7, 11) is 1.96. The van der Waals surface area contributed by atoms with Crippen LogP contribution in [0.5, 0.6) is 0 Å². The molecule has 0 amide bonds. The van der Waals surface area contributed by atoms with Crippen LogP contribution in [0.2, 0.25) is 0 Å². The van der Waals surface area contributed by atoms with E-state index in [9.17, 15) is 5.26 Å². The number of nitrogens with zero attached hydrogens (tertiary/aromatic N) is 3. The Kier molecular flexibility index (Phi) is 3.49. The molecule has 0 radical (unpaired) electrons. The van der Waals surface area contributed by atoms with E-state index in [2.05, 4.69) is 24.2 Å². The van der Waals surface area contributed by atoms with Crippen LogP contribution in [0.4, 0.5) is 0 Å². The number of aromatic nitrogens is 2. The second-order valence-corrected chi connectivity index (χ2v) is 4.79. The number of hydrogen-bond acceptors (Lipinski definition) is 3. The molecule has 17 heavy (non-hydrogen) atoms. The summed E-state index contributed by atoms with van der Waals surface area (Å²) in [6.07, 6.45) is 3.39. The molecule has 2 heterocycles. The van der Waals surface area contributed by atoms with Gasteiger partial charge in [0.05, 0.1) is 17.2 Å². The SMILES string of the molecule is CCc1cc(CC2(C#N)CCOCC2)n(C)n1. The van der Waals surface area contributed by atoms with E-state index in [0.717, 1.165) is 37.1 Å². The molecule has 1 saturated heterocycles. The van der Waals surface area contributed by atoms with Crippen molar-refractivity contribution in [2.45, 2.75) is 32.6 Å². The van der Waals surface area contributed by atoms with Crippen molar-refractivity contribution >= 4 is 0 Å². The molecule has 0 aliphatic carbocycles. The first-order valence-electron chi connectivity index (χ1n) is 6.20. The van der Waals surface area contributed by atoms with Gasteiger partial charge in [-0.3, -0.25) is 4.68 Å². The Morgan fingerprint density at radius 1 is 1.53 bits per heavy atom. The van der Waals surface area contributed by atoms with Crippen LogP contribution in [0.3, 0.4) is 0 Å². The Morgan fingerprint density at radius 3 is 2.76 bits per heavy atom. The van der Waals surface area contributed by atoms with E-state index in [1.165, 1.54) is 0 Å². The van der Waals surface area contributed by atoms with Crippen LogP contribution >= 0.6 is 0 Å². The van der Waals surface area contributed by atoms with Crippen molar-refractivity contribution in [2.75, 3.05) is 13.2 Å². The van der Waals surface area contributed by atoms with E-state index < -0.39 is 0 Å². The monoisotopic (exact) mass is 233 g/mol. The highest BCUT2D eigenvalue weighted by molar-refractivity contribution is 5.16. The van der Waals surface area contributed by atoms with Crippen molar-refractivity contribution in [2.24, 2.45) is 12.5 Å². The van der Waals surface area contributed by atoms with Gasteiger partial charge in [0.1, 0.15) is 0 Å². The molecule has 0 bridgehead atoms. The Morgan fingerprint density at radius 2 is 2.24 bits per heavy atom. The molecule has 0 unspecified atom stereocenters. The highest BCUT2D eigenvalue weighted by Crippen LogP contribution is 2.33. The molecule has 1 fully saturated rings. The molecule has 0 atom stereocenters. The van der Waals surface area contributed by atoms with Crippen LogP contribution in [0, 0.1) is 16.7 Å². The first-order chi connectivity index (χ1) is 8.19. The summed E-state index contributed by atoms with van der Waals surface area (Å²) in [6.45, 7) is 3.50. The quantitative estimate of drug-likeness (QED) is 0.800. The molecular weight excluding hydrogens is 214 g/mol. The maximum Gasteiger partial charge on any atom is 0.0695 e. The smallest absolute Gasteiger partial charge is 0.0695 e. The third-order valence-electron chi connectivity index (χ3n) is 3.60. The summed E-state index contributed by atoms with van der Waals surface area (Å²) < 4.78 is 7.26. The Hall–Kier alpha value is -1.34. The largest absolute Gasteiger partial charge is 0.381 e. The molecule has 1 aromatic heterocycles. The topological polar surface area (TPSA) is 50.8 Å². The fourth-order valence-corrected chi connectivity index (χ4v) is 2.35. The number of hydrogen-bond donors (Lipinski definition) is 0. The summed E-state index contributed by atoms with van der Waals surface area (Å²) in [4.78, 5) is 0. The summed E-state index contributed by atoms with van der Waals surface area (Å²) in [5, 5.41) is 13.9. The van der Waals surface area contributed by atoms with E-state index in [4.69, 9.17) is 4.74 Å². The lowest BCUT2D eigenvalue weighted by atomic mass is 9.78. The van der Waals surface area contributed by atoms with Crippen LogP contribution in [0.25, 0.3) is 0 Å². The van der Waals surface area contributed by atoms with Gasteiger partial charge < -0.3 is 4.74 Å².